The number of carboxylic acids is 1. The Balaban J connectivity index is 2.56. The molecule has 1 amide bonds. The third kappa shape index (κ3) is 3.61. The SMILES string of the molecule is CSCCC(N)C(=O)NC1(C(=O)O)CCCC1. The highest BCUT2D eigenvalue weighted by atomic mass is 32.2. The van der Waals surface area contributed by atoms with Gasteiger partial charge in [-0.2, -0.15) is 11.8 Å². The number of rotatable bonds is 6. The van der Waals surface area contributed by atoms with E-state index in [9.17, 15) is 14.7 Å². The predicted molar refractivity (Wildman–Crippen MR) is 68.0 cm³/mol. The van der Waals surface area contributed by atoms with Crippen LogP contribution in [0.5, 0.6) is 0 Å². The van der Waals surface area contributed by atoms with Crippen molar-refractivity contribution >= 4 is 23.6 Å². The summed E-state index contributed by atoms with van der Waals surface area (Å²) < 4.78 is 0. The van der Waals surface area contributed by atoms with Gasteiger partial charge in [0.2, 0.25) is 5.91 Å². The Labute approximate surface area is 106 Å². The van der Waals surface area contributed by atoms with Crippen molar-refractivity contribution in [2.45, 2.75) is 43.7 Å². The van der Waals surface area contributed by atoms with Crippen LogP contribution in [0.15, 0.2) is 0 Å². The van der Waals surface area contributed by atoms with Gasteiger partial charge < -0.3 is 16.2 Å². The zero-order valence-electron chi connectivity index (χ0n) is 10.1. The molecule has 1 atom stereocenters. The van der Waals surface area contributed by atoms with Crippen LogP contribution in [0.4, 0.5) is 0 Å². The van der Waals surface area contributed by atoms with Crippen molar-refractivity contribution in [1.29, 1.82) is 0 Å². The maximum Gasteiger partial charge on any atom is 0.329 e. The van der Waals surface area contributed by atoms with Crippen molar-refractivity contribution in [1.82, 2.24) is 5.32 Å². The lowest BCUT2D eigenvalue weighted by Crippen LogP contribution is -2.56. The number of hydrogen-bond acceptors (Lipinski definition) is 4. The molecule has 0 aromatic heterocycles. The van der Waals surface area contributed by atoms with E-state index < -0.39 is 17.6 Å². The Morgan fingerprint density at radius 2 is 2.06 bits per heavy atom. The van der Waals surface area contributed by atoms with Gasteiger partial charge >= 0.3 is 5.97 Å². The molecule has 6 heteroatoms. The van der Waals surface area contributed by atoms with Crippen LogP contribution >= 0.6 is 11.8 Å². The minimum Gasteiger partial charge on any atom is -0.480 e. The van der Waals surface area contributed by atoms with E-state index in [2.05, 4.69) is 5.32 Å². The van der Waals surface area contributed by atoms with E-state index in [1.54, 1.807) is 11.8 Å². The van der Waals surface area contributed by atoms with E-state index in [1.165, 1.54) is 0 Å². The lowest BCUT2D eigenvalue weighted by molar-refractivity contribution is -0.147. The van der Waals surface area contributed by atoms with Gasteiger partial charge in [0.05, 0.1) is 6.04 Å². The highest BCUT2D eigenvalue weighted by Gasteiger charge is 2.43. The van der Waals surface area contributed by atoms with Crippen LogP contribution < -0.4 is 11.1 Å². The number of carboxylic acid groups (broad SMARTS) is 1. The van der Waals surface area contributed by atoms with Crippen LogP contribution in [0.3, 0.4) is 0 Å². The molecule has 1 aliphatic carbocycles. The van der Waals surface area contributed by atoms with Crippen LogP contribution in [0.2, 0.25) is 0 Å². The minimum atomic E-state index is -1.08. The number of carbonyl (C=O) groups is 2. The first kappa shape index (κ1) is 14.3. The van der Waals surface area contributed by atoms with Gasteiger partial charge in [-0.1, -0.05) is 12.8 Å². The average Bonchev–Trinajstić information content (AvgIpc) is 2.75. The normalized spacial score (nSPS) is 19.9. The predicted octanol–water partition coefficient (Wildman–Crippen LogP) is 0.580. The molecule has 17 heavy (non-hydrogen) atoms. The van der Waals surface area contributed by atoms with Crippen molar-refractivity contribution in [2.24, 2.45) is 5.73 Å². The largest absolute Gasteiger partial charge is 0.480 e. The molecule has 1 fully saturated rings. The minimum absolute atomic E-state index is 0.344. The second-order valence-electron chi connectivity index (χ2n) is 4.47. The summed E-state index contributed by atoms with van der Waals surface area (Å²) in [5, 5.41) is 11.8. The summed E-state index contributed by atoms with van der Waals surface area (Å²) in [4.78, 5) is 23.0. The maximum absolute atomic E-state index is 11.8. The summed E-state index contributed by atoms with van der Waals surface area (Å²) in [7, 11) is 0. The third-order valence-corrected chi connectivity index (χ3v) is 3.84. The third-order valence-electron chi connectivity index (χ3n) is 3.20. The second kappa shape index (κ2) is 6.26. The zero-order valence-corrected chi connectivity index (χ0v) is 10.9. The number of nitrogens with one attached hydrogen (secondary N) is 1. The summed E-state index contributed by atoms with van der Waals surface area (Å²) in [6.07, 6.45) is 5.20. The zero-order chi connectivity index (χ0) is 12.9. The second-order valence-corrected chi connectivity index (χ2v) is 5.46. The van der Waals surface area contributed by atoms with Gasteiger partial charge in [-0.25, -0.2) is 4.79 Å². The lowest BCUT2D eigenvalue weighted by atomic mass is 9.97. The number of amides is 1. The van der Waals surface area contributed by atoms with Gasteiger partial charge in [0.1, 0.15) is 5.54 Å². The van der Waals surface area contributed by atoms with Gasteiger partial charge in [-0.3, -0.25) is 4.79 Å². The van der Waals surface area contributed by atoms with Crippen LogP contribution in [0, 0.1) is 0 Å². The first-order chi connectivity index (χ1) is 8.02. The number of hydrogen-bond donors (Lipinski definition) is 3. The van der Waals surface area contributed by atoms with Crippen molar-refractivity contribution < 1.29 is 14.7 Å². The van der Waals surface area contributed by atoms with Crippen molar-refractivity contribution in [2.75, 3.05) is 12.0 Å². The van der Waals surface area contributed by atoms with E-state index in [-0.39, 0.29) is 5.91 Å². The highest BCUT2D eigenvalue weighted by Crippen LogP contribution is 2.29. The quantitative estimate of drug-likeness (QED) is 0.649. The fourth-order valence-electron chi connectivity index (χ4n) is 2.08. The Bertz CT molecular complexity index is 290. The van der Waals surface area contributed by atoms with Gasteiger partial charge in [-0.05, 0) is 31.3 Å². The summed E-state index contributed by atoms with van der Waals surface area (Å²) in [5.41, 5.74) is 4.65. The lowest BCUT2D eigenvalue weighted by Gasteiger charge is -2.26. The summed E-state index contributed by atoms with van der Waals surface area (Å²) >= 11 is 1.62. The van der Waals surface area contributed by atoms with Gasteiger partial charge in [0, 0.05) is 0 Å². The molecular formula is C11H20N2O3S. The summed E-state index contributed by atoms with van der Waals surface area (Å²) in [6, 6.07) is -0.612. The summed E-state index contributed by atoms with van der Waals surface area (Å²) in [6.45, 7) is 0. The molecule has 1 aliphatic rings. The fraction of sp³-hybridized carbons (Fsp3) is 0.818. The molecular weight excluding hydrogens is 240 g/mol. The van der Waals surface area contributed by atoms with Crippen molar-refractivity contribution in [3.05, 3.63) is 0 Å². The monoisotopic (exact) mass is 260 g/mol. The molecule has 0 aliphatic heterocycles. The molecule has 0 saturated heterocycles. The molecule has 0 aromatic rings. The molecule has 0 spiro atoms. The molecule has 5 nitrogen and oxygen atoms in total. The number of nitrogens with two attached hydrogens (primary N) is 1. The van der Waals surface area contributed by atoms with Crippen LogP contribution in [0.1, 0.15) is 32.1 Å². The Kier molecular flexibility index (Phi) is 5.27. The molecule has 98 valence electrons. The first-order valence-corrected chi connectivity index (χ1v) is 7.21. The standard InChI is InChI=1S/C11H20N2O3S/c1-17-7-4-8(12)9(14)13-11(10(15)16)5-2-3-6-11/h8H,2-7,12H2,1H3,(H,13,14)(H,15,16). The molecule has 0 bridgehead atoms. The van der Waals surface area contributed by atoms with E-state index in [4.69, 9.17) is 5.73 Å². The van der Waals surface area contributed by atoms with E-state index in [0.717, 1.165) is 18.6 Å². The van der Waals surface area contributed by atoms with E-state index in [0.29, 0.717) is 19.3 Å². The number of aliphatic carboxylic acids is 1. The molecule has 0 heterocycles. The Hall–Kier alpha value is -0.750. The number of carbonyl (C=O) groups excluding carboxylic acids is 1. The number of thioether (sulfide) groups is 1. The van der Waals surface area contributed by atoms with Crippen LogP contribution in [-0.2, 0) is 9.59 Å². The topological polar surface area (TPSA) is 92.4 Å². The van der Waals surface area contributed by atoms with E-state index in [1.807, 2.05) is 6.26 Å². The highest BCUT2D eigenvalue weighted by molar-refractivity contribution is 7.98. The Morgan fingerprint density at radius 1 is 1.47 bits per heavy atom. The van der Waals surface area contributed by atoms with Gasteiger partial charge in [-0.15, -0.1) is 0 Å². The molecule has 1 unspecified atom stereocenters. The van der Waals surface area contributed by atoms with Crippen molar-refractivity contribution in [3.8, 4) is 0 Å². The molecule has 4 N–H and O–H groups in total. The molecule has 1 saturated carbocycles. The smallest absolute Gasteiger partial charge is 0.329 e. The van der Waals surface area contributed by atoms with Gasteiger partial charge in [0.25, 0.3) is 0 Å². The maximum atomic E-state index is 11.8. The van der Waals surface area contributed by atoms with Crippen LogP contribution in [0.25, 0.3) is 0 Å². The molecule has 1 rings (SSSR count). The van der Waals surface area contributed by atoms with Gasteiger partial charge in [0.15, 0.2) is 0 Å². The van der Waals surface area contributed by atoms with E-state index >= 15 is 0 Å². The average molecular weight is 260 g/mol. The molecule has 0 radical (unpaired) electrons. The fourth-order valence-corrected chi connectivity index (χ4v) is 2.56. The molecule has 0 aromatic carbocycles. The van der Waals surface area contributed by atoms with Crippen molar-refractivity contribution in [3.63, 3.8) is 0 Å². The van der Waals surface area contributed by atoms with Crippen LogP contribution in [-0.4, -0.2) is 40.6 Å². The first-order valence-electron chi connectivity index (χ1n) is 5.82. The summed E-state index contributed by atoms with van der Waals surface area (Å²) in [5.74, 6) is -0.488. The Morgan fingerprint density at radius 3 is 2.53 bits per heavy atom.